The molecule has 4 heteroatoms. The van der Waals surface area contributed by atoms with Crippen molar-refractivity contribution < 1.29 is 0 Å². The molecule has 3 rings (SSSR count). The predicted molar refractivity (Wildman–Crippen MR) is 122 cm³/mol. The van der Waals surface area contributed by atoms with Crippen LogP contribution in [0.1, 0.15) is 81.1 Å². The molecular formula is C24H42N4. The van der Waals surface area contributed by atoms with Gasteiger partial charge in [-0.3, -0.25) is 0 Å². The Bertz CT molecular complexity index is 581. The third kappa shape index (κ3) is 5.87. The molecule has 2 saturated heterocycles. The Balaban J connectivity index is 1.61. The Morgan fingerprint density at radius 2 is 0.821 bits per heavy atom. The van der Waals surface area contributed by atoms with Crippen LogP contribution in [0, 0.1) is 0 Å². The summed E-state index contributed by atoms with van der Waals surface area (Å²) in [6.07, 6.45) is 4.54. The van der Waals surface area contributed by atoms with E-state index in [1.165, 1.54) is 11.4 Å². The summed E-state index contributed by atoms with van der Waals surface area (Å²) in [6, 6.07) is 9.89. The van der Waals surface area contributed by atoms with E-state index < -0.39 is 0 Å². The van der Waals surface area contributed by atoms with Gasteiger partial charge in [0.05, 0.1) is 0 Å². The summed E-state index contributed by atoms with van der Waals surface area (Å²) in [4.78, 5) is 0. The van der Waals surface area contributed by atoms with Gasteiger partial charge < -0.3 is 21.3 Å². The SMILES string of the molecule is CC1(C)CC(Nc2ccc(NC3CC(C)(C)NC(C)(C)C3)cc2)CC(C)(C)N1. The van der Waals surface area contributed by atoms with Crippen LogP contribution in [-0.4, -0.2) is 34.2 Å². The van der Waals surface area contributed by atoms with E-state index in [0.29, 0.717) is 12.1 Å². The third-order valence-corrected chi connectivity index (χ3v) is 6.01. The van der Waals surface area contributed by atoms with E-state index in [1.54, 1.807) is 0 Å². The molecule has 4 N–H and O–H groups in total. The molecule has 0 atom stereocenters. The van der Waals surface area contributed by atoms with Crippen molar-refractivity contribution in [2.45, 2.75) is 115 Å². The number of rotatable bonds is 4. The van der Waals surface area contributed by atoms with E-state index >= 15 is 0 Å². The zero-order chi connectivity index (χ0) is 20.8. The van der Waals surface area contributed by atoms with Crippen LogP contribution in [0.3, 0.4) is 0 Å². The molecule has 4 nitrogen and oxygen atoms in total. The Labute approximate surface area is 172 Å². The monoisotopic (exact) mass is 386 g/mol. The van der Waals surface area contributed by atoms with Gasteiger partial charge in [-0.1, -0.05) is 0 Å². The van der Waals surface area contributed by atoms with Gasteiger partial charge in [0.25, 0.3) is 0 Å². The number of piperidine rings is 2. The number of nitrogens with one attached hydrogen (secondary N) is 4. The second kappa shape index (κ2) is 7.21. The normalized spacial score (nSPS) is 26.6. The van der Waals surface area contributed by atoms with Gasteiger partial charge in [0.15, 0.2) is 0 Å². The lowest BCUT2D eigenvalue weighted by Crippen LogP contribution is -2.60. The number of benzene rings is 1. The average Bonchev–Trinajstić information content (AvgIpc) is 2.42. The molecule has 28 heavy (non-hydrogen) atoms. The molecule has 1 aromatic carbocycles. The fourth-order valence-corrected chi connectivity index (χ4v) is 5.98. The van der Waals surface area contributed by atoms with Gasteiger partial charge in [-0.05, 0) is 105 Å². The van der Waals surface area contributed by atoms with Crippen LogP contribution in [0.5, 0.6) is 0 Å². The highest BCUT2D eigenvalue weighted by atomic mass is 15.1. The first-order valence-corrected chi connectivity index (χ1v) is 10.9. The summed E-state index contributed by atoms with van der Waals surface area (Å²) >= 11 is 0. The summed E-state index contributed by atoms with van der Waals surface area (Å²) in [5.41, 5.74) is 3.08. The van der Waals surface area contributed by atoms with Crippen molar-refractivity contribution in [1.29, 1.82) is 0 Å². The summed E-state index contributed by atoms with van der Waals surface area (Å²) in [5.74, 6) is 0. The highest BCUT2D eigenvalue weighted by Crippen LogP contribution is 2.32. The van der Waals surface area contributed by atoms with Crippen LogP contribution in [0.25, 0.3) is 0 Å². The molecule has 0 unspecified atom stereocenters. The Morgan fingerprint density at radius 3 is 1.07 bits per heavy atom. The van der Waals surface area contributed by atoms with Crippen LogP contribution < -0.4 is 21.3 Å². The number of anilines is 2. The molecule has 2 heterocycles. The maximum absolute atomic E-state index is 3.77. The largest absolute Gasteiger partial charge is 0.382 e. The molecule has 2 fully saturated rings. The minimum Gasteiger partial charge on any atom is -0.382 e. The quantitative estimate of drug-likeness (QED) is 0.579. The predicted octanol–water partition coefficient (Wildman–Crippen LogP) is 5.13. The Morgan fingerprint density at radius 1 is 0.571 bits per heavy atom. The minimum absolute atomic E-state index is 0.162. The van der Waals surface area contributed by atoms with Crippen molar-refractivity contribution in [3.05, 3.63) is 24.3 Å². The van der Waals surface area contributed by atoms with Crippen LogP contribution in [0.4, 0.5) is 11.4 Å². The van der Waals surface area contributed by atoms with Crippen LogP contribution in [0.2, 0.25) is 0 Å². The van der Waals surface area contributed by atoms with Crippen LogP contribution >= 0.6 is 0 Å². The molecule has 0 radical (unpaired) electrons. The standard InChI is InChI=1S/C24H42N4/c1-21(2)13-19(14-22(3,4)27-21)25-17-9-11-18(12-10-17)26-20-15-23(5,6)28-24(7,8)16-20/h9-12,19-20,25-28H,13-16H2,1-8H3. The lowest BCUT2D eigenvalue weighted by molar-refractivity contribution is 0.170. The summed E-state index contributed by atoms with van der Waals surface area (Å²) in [5, 5.41) is 15.1. The van der Waals surface area contributed by atoms with Crippen molar-refractivity contribution in [2.75, 3.05) is 10.6 Å². The maximum atomic E-state index is 3.77. The van der Waals surface area contributed by atoms with Gasteiger partial charge in [0.1, 0.15) is 0 Å². The lowest BCUT2D eigenvalue weighted by atomic mass is 9.79. The average molecular weight is 387 g/mol. The Hall–Kier alpha value is -1.26. The smallest absolute Gasteiger partial charge is 0.0343 e. The fourth-order valence-electron chi connectivity index (χ4n) is 5.98. The van der Waals surface area contributed by atoms with Gasteiger partial charge in [-0.15, -0.1) is 0 Å². The molecule has 0 saturated carbocycles. The van der Waals surface area contributed by atoms with E-state index in [-0.39, 0.29) is 22.2 Å². The summed E-state index contributed by atoms with van der Waals surface area (Å²) in [7, 11) is 0. The molecule has 0 aromatic heterocycles. The molecular weight excluding hydrogens is 344 g/mol. The summed E-state index contributed by atoms with van der Waals surface area (Å²) < 4.78 is 0. The first-order chi connectivity index (χ1) is 12.7. The van der Waals surface area contributed by atoms with E-state index in [0.717, 1.165) is 25.7 Å². The minimum atomic E-state index is 0.162. The van der Waals surface area contributed by atoms with Gasteiger partial charge >= 0.3 is 0 Å². The zero-order valence-electron chi connectivity index (χ0n) is 19.3. The van der Waals surface area contributed by atoms with E-state index in [1.807, 2.05) is 0 Å². The highest BCUT2D eigenvalue weighted by Gasteiger charge is 2.38. The van der Waals surface area contributed by atoms with Crippen molar-refractivity contribution in [1.82, 2.24) is 10.6 Å². The first kappa shape index (κ1) is 21.4. The Kier molecular flexibility index (Phi) is 5.52. The molecule has 0 bridgehead atoms. The van der Waals surface area contributed by atoms with Crippen molar-refractivity contribution in [2.24, 2.45) is 0 Å². The molecule has 0 amide bonds. The van der Waals surface area contributed by atoms with E-state index in [2.05, 4.69) is 101 Å². The second-order valence-electron chi connectivity index (χ2n) is 11.9. The van der Waals surface area contributed by atoms with Gasteiger partial charge in [0.2, 0.25) is 0 Å². The van der Waals surface area contributed by atoms with Crippen LogP contribution in [0.15, 0.2) is 24.3 Å². The molecule has 0 aliphatic carbocycles. The van der Waals surface area contributed by atoms with Gasteiger partial charge in [0, 0.05) is 45.6 Å². The van der Waals surface area contributed by atoms with E-state index in [9.17, 15) is 0 Å². The van der Waals surface area contributed by atoms with Crippen molar-refractivity contribution in [3.8, 4) is 0 Å². The molecule has 158 valence electrons. The fraction of sp³-hybridized carbons (Fsp3) is 0.750. The maximum Gasteiger partial charge on any atom is 0.0343 e. The topological polar surface area (TPSA) is 48.1 Å². The zero-order valence-corrected chi connectivity index (χ0v) is 19.3. The van der Waals surface area contributed by atoms with E-state index in [4.69, 9.17) is 0 Å². The molecule has 2 aliphatic rings. The first-order valence-electron chi connectivity index (χ1n) is 10.9. The molecule has 1 aromatic rings. The summed E-state index contributed by atoms with van der Waals surface area (Å²) in [6.45, 7) is 18.4. The lowest BCUT2D eigenvalue weighted by Gasteiger charge is -2.47. The van der Waals surface area contributed by atoms with Gasteiger partial charge in [-0.25, -0.2) is 0 Å². The highest BCUT2D eigenvalue weighted by molar-refractivity contribution is 5.54. The van der Waals surface area contributed by atoms with Crippen molar-refractivity contribution >= 4 is 11.4 Å². The molecule has 0 spiro atoms. The van der Waals surface area contributed by atoms with Crippen LogP contribution in [-0.2, 0) is 0 Å². The van der Waals surface area contributed by atoms with Crippen molar-refractivity contribution in [3.63, 3.8) is 0 Å². The molecule has 2 aliphatic heterocycles. The van der Waals surface area contributed by atoms with Gasteiger partial charge in [-0.2, -0.15) is 0 Å². The number of hydrogen-bond acceptors (Lipinski definition) is 4. The second-order valence-corrected chi connectivity index (χ2v) is 11.9. The number of hydrogen-bond donors (Lipinski definition) is 4. The third-order valence-electron chi connectivity index (χ3n) is 6.01.